The molecule has 1 unspecified atom stereocenters. The van der Waals surface area contributed by atoms with E-state index in [4.69, 9.17) is 0 Å². The van der Waals surface area contributed by atoms with Gasteiger partial charge < -0.3 is 0 Å². The Morgan fingerprint density at radius 3 is 2.90 bits per heavy atom. The van der Waals surface area contributed by atoms with Gasteiger partial charge in [-0.1, -0.05) is 0 Å². The molecule has 0 aliphatic carbocycles. The molecule has 0 amide bonds. The zero-order chi connectivity index (χ0) is 6.97. The van der Waals surface area contributed by atoms with Gasteiger partial charge in [0.15, 0.2) is 0 Å². The van der Waals surface area contributed by atoms with Crippen molar-refractivity contribution in [2.75, 3.05) is 0 Å². The van der Waals surface area contributed by atoms with Crippen molar-refractivity contribution < 1.29 is 4.39 Å². The molecular weight excluding hydrogens is 131 g/mol. The molecule has 0 N–H and O–H groups in total. The zero-order valence-electron chi connectivity index (χ0n) is 5.16. The van der Waals surface area contributed by atoms with Crippen LogP contribution in [0.1, 0.15) is 11.7 Å². The van der Waals surface area contributed by atoms with Gasteiger partial charge in [-0.3, -0.25) is 9.98 Å². The highest BCUT2D eigenvalue weighted by atomic mass is 19.1. The average Bonchev–Trinajstić information content (AvgIpc) is 2.71. The van der Waals surface area contributed by atoms with Gasteiger partial charge in [0, 0.05) is 12.4 Å². The Bertz CT molecular complexity index is 277. The summed E-state index contributed by atoms with van der Waals surface area (Å²) >= 11 is 0. The first-order chi connectivity index (χ1) is 4.88. The number of aliphatic imine (C=N–C) groups is 1. The molecule has 1 atom stereocenters. The number of nitrogens with zero attached hydrogens (tertiary/aromatic N) is 2. The predicted molar refractivity (Wildman–Crippen MR) is 35.4 cm³/mol. The molecule has 3 heteroatoms. The van der Waals surface area contributed by atoms with Gasteiger partial charge in [-0.15, -0.1) is 0 Å². The molecule has 50 valence electrons. The summed E-state index contributed by atoms with van der Waals surface area (Å²) in [5, 5.41) is 0. The van der Waals surface area contributed by atoms with Gasteiger partial charge in [-0.25, -0.2) is 4.39 Å². The summed E-state index contributed by atoms with van der Waals surface area (Å²) < 4.78 is 12.7. The third kappa shape index (κ3) is 0.795. The standard InChI is InChI=1S/C7H5FN2/c8-5-2-1-3-9-7(5)6-4-10-6/h1-4,6H. The maximum absolute atomic E-state index is 12.7. The van der Waals surface area contributed by atoms with Gasteiger partial charge in [0.1, 0.15) is 17.6 Å². The van der Waals surface area contributed by atoms with Crippen LogP contribution in [0.15, 0.2) is 23.3 Å². The van der Waals surface area contributed by atoms with Crippen LogP contribution in [0.2, 0.25) is 0 Å². The largest absolute Gasteiger partial charge is 0.279 e. The van der Waals surface area contributed by atoms with Crippen LogP contribution < -0.4 is 0 Å². The van der Waals surface area contributed by atoms with Gasteiger partial charge in [0.25, 0.3) is 0 Å². The number of halogens is 1. The van der Waals surface area contributed by atoms with Crippen LogP contribution in [0.5, 0.6) is 0 Å². The quantitative estimate of drug-likeness (QED) is 0.572. The number of hydrogen-bond donors (Lipinski definition) is 0. The molecule has 1 aromatic heterocycles. The van der Waals surface area contributed by atoms with E-state index in [0.717, 1.165) is 0 Å². The fourth-order valence-corrected chi connectivity index (χ4v) is 0.800. The molecule has 0 saturated carbocycles. The van der Waals surface area contributed by atoms with Crippen molar-refractivity contribution in [3.63, 3.8) is 0 Å². The van der Waals surface area contributed by atoms with Crippen molar-refractivity contribution >= 4 is 6.21 Å². The van der Waals surface area contributed by atoms with E-state index in [2.05, 4.69) is 9.98 Å². The Kier molecular flexibility index (Phi) is 1.03. The van der Waals surface area contributed by atoms with Crippen LogP contribution >= 0.6 is 0 Å². The van der Waals surface area contributed by atoms with Gasteiger partial charge in [0.05, 0.1) is 0 Å². The molecule has 0 saturated heterocycles. The highest BCUT2D eigenvalue weighted by Crippen LogP contribution is 2.23. The van der Waals surface area contributed by atoms with Crippen molar-refractivity contribution in [2.45, 2.75) is 6.04 Å². The predicted octanol–water partition coefficient (Wildman–Crippen LogP) is 1.35. The first-order valence-corrected chi connectivity index (χ1v) is 3.01. The molecular formula is C7H5FN2. The third-order valence-corrected chi connectivity index (χ3v) is 1.37. The summed E-state index contributed by atoms with van der Waals surface area (Å²) in [5.41, 5.74) is 0.433. The Hall–Kier alpha value is -1.25. The SMILES string of the molecule is Fc1cccnc1C1C=N1. The number of pyridine rings is 1. The fourth-order valence-electron chi connectivity index (χ4n) is 0.800. The van der Waals surface area contributed by atoms with E-state index >= 15 is 0 Å². The van der Waals surface area contributed by atoms with E-state index in [1.165, 1.54) is 6.07 Å². The van der Waals surface area contributed by atoms with Gasteiger partial charge in [-0.2, -0.15) is 0 Å². The Morgan fingerprint density at radius 1 is 1.50 bits per heavy atom. The molecule has 0 spiro atoms. The van der Waals surface area contributed by atoms with E-state index in [1.807, 2.05) is 0 Å². The summed E-state index contributed by atoms with van der Waals surface area (Å²) in [7, 11) is 0. The van der Waals surface area contributed by atoms with Crippen molar-refractivity contribution in [3.8, 4) is 0 Å². The van der Waals surface area contributed by atoms with E-state index in [0.29, 0.717) is 5.69 Å². The summed E-state index contributed by atoms with van der Waals surface area (Å²) in [5.74, 6) is -0.273. The monoisotopic (exact) mass is 136 g/mol. The minimum absolute atomic E-state index is 0.0822. The molecule has 1 aliphatic rings. The molecule has 0 aromatic carbocycles. The molecule has 2 rings (SSSR count). The lowest BCUT2D eigenvalue weighted by atomic mass is 10.2. The maximum atomic E-state index is 12.7. The van der Waals surface area contributed by atoms with Gasteiger partial charge >= 0.3 is 0 Å². The van der Waals surface area contributed by atoms with Gasteiger partial charge in [0.2, 0.25) is 0 Å². The van der Waals surface area contributed by atoms with Crippen molar-refractivity contribution in [1.29, 1.82) is 0 Å². The summed E-state index contributed by atoms with van der Waals surface area (Å²) in [6.07, 6.45) is 3.24. The van der Waals surface area contributed by atoms with Crippen LogP contribution in [0.3, 0.4) is 0 Å². The van der Waals surface area contributed by atoms with Crippen LogP contribution in [0.4, 0.5) is 4.39 Å². The second-order valence-electron chi connectivity index (χ2n) is 2.11. The van der Waals surface area contributed by atoms with Crippen LogP contribution in [0, 0.1) is 5.82 Å². The molecule has 2 heterocycles. The second-order valence-corrected chi connectivity index (χ2v) is 2.11. The lowest BCUT2D eigenvalue weighted by Gasteiger charge is -1.94. The van der Waals surface area contributed by atoms with E-state index < -0.39 is 0 Å². The molecule has 0 bridgehead atoms. The highest BCUT2D eigenvalue weighted by Gasteiger charge is 2.20. The Balaban J connectivity index is 2.39. The molecule has 2 nitrogen and oxygen atoms in total. The minimum Gasteiger partial charge on any atom is -0.279 e. The normalized spacial score (nSPS) is 21.1. The van der Waals surface area contributed by atoms with Crippen molar-refractivity contribution in [1.82, 2.24) is 4.98 Å². The van der Waals surface area contributed by atoms with Crippen LogP contribution in [-0.2, 0) is 0 Å². The molecule has 1 aromatic rings. The molecule has 1 aliphatic heterocycles. The first kappa shape index (κ1) is 5.53. The highest BCUT2D eigenvalue weighted by molar-refractivity contribution is 5.79. The number of hydrogen-bond acceptors (Lipinski definition) is 2. The molecule has 0 radical (unpaired) electrons. The first-order valence-electron chi connectivity index (χ1n) is 3.01. The zero-order valence-corrected chi connectivity index (χ0v) is 5.16. The van der Waals surface area contributed by atoms with E-state index in [-0.39, 0.29) is 11.9 Å². The lowest BCUT2D eigenvalue weighted by Crippen LogP contribution is -1.91. The van der Waals surface area contributed by atoms with Crippen LogP contribution in [-0.4, -0.2) is 11.2 Å². The maximum Gasteiger partial charge on any atom is 0.147 e. The third-order valence-electron chi connectivity index (χ3n) is 1.37. The van der Waals surface area contributed by atoms with Crippen molar-refractivity contribution in [2.24, 2.45) is 4.99 Å². The second kappa shape index (κ2) is 1.87. The molecule has 10 heavy (non-hydrogen) atoms. The topological polar surface area (TPSA) is 25.2 Å². The smallest absolute Gasteiger partial charge is 0.147 e. The van der Waals surface area contributed by atoms with E-state index in [9.17, 15) is 4.39 Å². The Labute approximate surface area is 57.4 Å². The summed E-state index contributed by atoms with van der Waals surface area (Å²) in [6.45, 7) is 0. The minimum atomic E-state index is -0.273. The number of rotatable bonds is 1. The van der Waals surface area contributed by atoms with Gasteiger partial charge in [-0.05, 0) is 12.1 Å². The van der Waals surface area contributed by atoms with E-state index in [1.54, 1.807) is 18.5 Å². The average molecular weight is 136 g/mol. The lowest BCUT2D eigenvalue weighted by molar-refractivity contribution is 0.601. The Morgan fingerprint density at radius 2 is 2.30 bits per heavy atom. The number of aromatic nitrogens is 1. The summed E-state index contributed by atoms with van der Waals surface area (Å²) in [4.78, 5) is 7.65. The fraction of sp³-hybridized carbons (Fsp3) is 0.143. The summed E-state index contributed by atoms with van der Waals surface area (Å²) in [6, 6.07) is 2.88. The van der Waals surface area contributed by atoms with Crippen molar-refractivity contribution in [3.05, 3.63) is 29.8 Å². The molecule has 0 fully saturated rings. The van der Waals surface area contributed by atoms with Crippen LogP contribution in [0.25, 0.3) is 0 Å².